The van der Waals surface area contributed by atoms with Gasteiger partial charge in [0.1, 0.15) is 0 Å². The molecule has 0 spiro atoms. The highest BCUT2D eigenvalue weighted by Crippen LogP contribution is 2.17. The minimum absolute atomic E-state index is 0.0142. The molecule has 0 saturated carbocycles. The first kappa shape index (κ1) is 17.0. The van der Waals surface area contributed by atoms with Crippen LogP contribution in [0, 0.1) is 0 Å². The number of nitrogens with zero attached hydrogens (tertiary/aromatic N) is 1. The summed E-state index contributed by atoms with van der Waals surface area (Å²) in [6, 6.07) is 11.2. The molecule has 1 saturated heterocycles. The number of rotatable bonds is 4. The third kappa shape index (κ3) is 4.36. The summed E-state index contributed by atoms with van der Waals surface area (Å²) in [5.41, 5.74) is 0.946. The number of piperidine rings is 1. The molecule has 2 aromatic rings. The summed E-state index contributed by atoms with van der Waals surface area (Å²) < 4.78 is 0. The minimum atomic E-state index is 0.0142. The van der Waals surface area contributed by atoms with Gasteiger partial charge in [-0.05, 0) is 42.0 Å². The van der Waals surface area contributed by atoms with Crippen molar-refractivity contribution in [2.75, 3.05) is 13.1 Å². The van der Waals surface area contributed by atoms with E-state index in [1.54, 1.807) is 12.1 Å². The first-order chi connectivity index (χ1) is 11.6. The van der Waals surface area contributed by atoms with Gasteiger partial charge in [-0.3, -0.25) is 9.59 Å². The Morgan fingerprint density at radius 2 is 1.88 bits per heavy atom. The first-order valence-electron chi connectivity index (χ1n) is 7.98. The summed E-state index contributed by atoms with van der Waals surface area (Å²) in [6.45, 7) is 1.37. The Kier molecular flexibility index (Phi) is 5.53. The number of hydrogen-bond donors (Lipinski definition) is 1. The van der Waals surface area contributed by atoms with Crippen LogP contribution in [0.4, 0.5) is 0 Å². The average molecular weight is 363 g/mol. The Balaban J connectivity index is 1.46. The van der Waals surface area contributed by atoms with Crippen LogP contribution in [0.1, 0.15) is 28.1 Å². The summed E-state index contributed by atoms with van der Waals surface area (Å²) in [6.07, 6.45) is 1.94. The standard InChI is InChI=1S/C18H19ClN2O2S/c19-14-5-3-13(4-6-14)12-17(22)20-15-7-9-21(10-8-15)18(23)16-2-1-11-24-16/h1-6,11,15H,7-10,12H2,(H,20,22). The van der Waals surface area contributed by atoms with Crippen LogP contribution in [0.15, 0.2) is 41.8 Å². The molecular weight excluding hydrogens is 344 g/mol. The summed E-state index contributed by atoms with van der Waals surface area (Å²) >= 11 is 7.32. The zero-order chi connectivity index (χ0) is 16.9. The van der Waals surface area contributed by atoms with Gasteiger partial charge in [0.2, 0.25) is 5.91 Å². The van der Waals surface area contributed by atoms with E-state index < -0.39 is 0 Å². The van der Waals surface area contributed by atoms with Crippen LogP contribution >= 0.6 is 22.9 Å². The monoisotopic (exact) mass is 362 g/mol. The highest BCUT2D eigenvalue weighted by molar-refractivity contribution is 7.12. The molecular formula is C18H19ClN2O2S. The molecule has 0 radical (unpaired) electrons. The molecule has 6 heteroatoms. The second-order valence-electron chi connectivity index (χ2n) is 5.91. The average Bonchev–Trinajstić information content (AvgIpc) is 3.11. The molecule has 1 N–H and O–H groups in total. The predicted molar refractivity (Wildman–Crippen MR) is 96.5 cm³/mol. The third-order valence-electron chi connectivity index (χ3n) is 4.16. The molecule has 1 aliphatic rings. The topological polar surface area (TPSA) is 49.4 Å². The molecule has 1 aromatic heterocycles. The van der Waals surface area contributed by atoms with E-state index in [2.05, 4.69) is 5.32 Å². The van der Waals surface area contributed by atoms with Crippen molar-refractivity contribution in [3.8, 4) is 0 Å². The van der Waals surface area contributed by atoms with Gasteiger partial charge in [0.05, 0.1) is 11.3 Å². The Labute approximate surface area is 150 Å². The second kappa shape index (κ2) is 7.81. The van der Waals surface area contributed by atoms with Crippen molar-refractivity contribution in [3.05, 3.63) is 57.2 Å². The number of halogens is 1. The van der Waals surface area contributed by atoms with Crippen molar-refractivity contribution in [2.45, 2.75) is 25.3 Å². The van der Waals surface area contributed by atoms with Crippen molar-refractivity contribution in [3.63, 3.8) is 0 Å². The highest BCUT2D eigenvalue weighted by atomic mass is 35.5. The Morgan fingerprint density at radius 1 is 1.17 bits per heavy atom. The van der Waals surface area contributed by atoms with E-state index in [0.29, 0.717) is 24.5 Å². The Hall–Kier alpha value is -1.85. The quantitative estimate of drug-likeness (QED) is 0.906. The van der Waals surface area contributed by atoms with Gasteiger partial charge in [0.25, 0.3) is 5.91 Å². The number of carbonyl (C=O) groups excluding carboxylic acids is 2. The smallest absolute Gasteiger partial charge is 0.263 e. The summed E-state index contributed by atoms with van der Waals surface area (Å²) in [7, 11) is 0. The lowest BCUT2D eigenvalue weighted by Crippen LogP contribution is -2.46. The van der Waals surface area contributed by atoms with Crippen LogP contribution < -0.4 is 5.32 Å². The second-order valence-corrected chi connectivity index (χ2v) is 7.30. The maximum Gasteiger partial charge on any atom is 0.263 e. The van der Waals surface area contributed by atoms with Gasteiger partial charge in [-0.1, -0.05) is 29.8 Å². The van der Waals surface area contributed by atoms with E-state index in [1.807, 2.05) is 34.5 Å². The van der Waals surface area contributed by atoms with Crippen LogP contribution in [0.25, 0.3) is 0 Å². The number of nitrogens with one attached hydrogen (secondary N) is 1. The predicted octanol–water partition coefficient (Wildman–Crippen LogP) is 3.37. The number of thiophene rings is 1. The van der Waals surface area contributed by atoms with Gasteiger partial charge < -0.3 is 10.2 Å². The van der Waals surface area contributed by atoms with Crippen LogP contribution in [-0.4, -0.2) is 35.8 Å². The first-order valence-corrected chi connectivity index (χ1v) is 9.24. The fraction of sp³-hybridized carbons (Fsp3) is 0.333. The molecule has 1 aliphatic heterocycles. The van der Waals surface area contributed by atoms with Crippen molar-refractivity contribution in [1.29, 1.82) is 0 Å². The van der Waals surface area contributed by atoms with Crippen LogP contribution in [0.5, 0.6) is 0 Å². The zero-order valence-electron chi connectivity index (χ0n) is 13.2. The summed E-state index contributed by atoms with van der Waals surface area (Å²) in [5, 5.41) is 5.65. The van der Waals surface area contributed by atoms with E-state index >= 15 is 0 Å². The lowest BCUT2D eigenvalue weighted by molar-refractivity contribution is -0.121. The molecule has 0 aliphatic carbocycles. The van der Waals surface area contributed by atoms with E-state index in [9.17, 15) is 9.59 Å². The maximum absolute atomic E-state index is 12.3. The van der Waals surface area contributed by atoms with Crippen molar-refractivity contribution in [1.82, 2.24) is 10.2 Å². The van der Waals surface area contributed by atoms with Crippen LogP contribution in [0.2, 0.25) is 5.02 Å². The fourth-order valence-electron chi connectivity index (χ4n) is 2.85. The van der Waals surface area contributed by atoms with Gasteiger partial charge in [0, 0.05) is 24.2 Å². The molecule has 126 valence electrons. The van der Waals surface area contributed by atoms with Crippen molar-refractivity contribution in [2.24, 2.45) is 0 Å². The number of carbonyl (C=O) groups is 2. The summed E-state index contributed by atoms with van der Waals surface area (Å²) in [5.74, 6) is 0.108. The molecule has 0 bridgehead atoms. The van der Waals surface area contributed by atoms with E-state index in [-0.39, 0.29) is 17.9 Å². The molecule has 1 fully saturated rings. The molecule has 2 heterocycles. The van der Waals surface area contributed by atoms with Gasteiger partial charge in [0.15, 0.2) is 0 Å². The number of benzene rings is 1. The lowest BCUT2D eigenvalue weighted by atomic mass is 10.0. The van der Waals surface area contributed by atoms with Gasteiger partial charge in [-0.15, -0.1) is 11.3 Å². The molecule has 1 aromatic carbocycles. The fourth-order valence-corrected chi connectivity index (χ4v) is 3.67. The zero-order valence-corrected chi connectivity index (χ0v) is 14.8. The highest BCUT2D eigenvalue weighted by Gasteiger charge is 2.24. The van der Waals surface area contributed by atoms with Crippen molar-refractivity contribution >= 4 is 34.8 Å². The minimum Gasteiger partial charge on any atom is -0.353 e. The van der Waals surface area contributed by atoms with Crippen LogP contribution in [-0.2, 0) is 11.2 Å². The van der Waals surface area contributed by atoms with Crippen molar-refractivity contribution < 1.29 is 9.59 Å². The largest absolute Gasteiger partial charge is 0.353 e. The van der Waals surface area contributed by atoms with E-state index in [4.69, 9.17) is 11.6 Å². The molecule has 4 nitrogen and oxygen atoms in total. The SMILES string of the molecule is O=C(Cc1ccc(Cl)cc1)NC1CCN(C(=O)c2cccs2)CC1. The maximum atomic E-state index is 12.3. The van der Waals surface area contributed by atoms with E-state index in [1.165, 1.54) is 11.3 Å². The Morgan fingerprint density at radius 3 is 2.50 bits per heavy atom. The van der Waals surface area contributed by atoms with Gasteiger partial charge >= 0.3 is 0 Å². The normalized spacial score (nSPS) is 15.3. The molecule has 0 atom stereocenters. The lowest BCUT2D eigenvalue weighted by Gasteiger charge is -2.32. The molecule has 0 unspecified atom stereocenters. The molecule has 3 rings (SSSR count). The third-order valence-corrected chi connectivity index (χ3v) is 5.27. The molecule has 24 heavy (non-hydrogen) atoms. The van der Waals surface area contributed by atoms with Gasteiger partial charge in [-0.25, -0.2) is 0 Å². The molecule has 2 amide bonds. The number of hydrogen-bond acceptors (Lipinski definition) is 3. The number of amides is 2. The Bertz CT molecular complexity index is 692. The number of likely N-dealkylation sites (tertiary alicyclic amines) is 1. The van der Waals surface area contributed by atoms with Gasteiger partial charge in [-0.2, -0.15) is 0 Å². The van der Waals surface area contributed by atoms with E-state index in [0.717, 1.165) is 23.3 Å². The summed E-state index contributed by atoms with van der Waals surface area (Å²) in [4.78, 5) is 27.1. The van der Waals surface area contributed by atoms with Crippen LogP contribution in [0.3, 0.4) is 0 Å².